The summed E-state index contributed by atoms with van der Waals surface area (Å²) >= 11 is 0. The molecule has 0 unspecified atom stereocenters. The number of nitrogens with one attached hydrogen (secondary N) is 1. The maximum atomic E-state index is 11.8. The lowest BCUT2D eigenvalue weighted by Gasteiger charge is -2.27. The lowest BCUT2D eigenvalue weighted by Crippen LogP contribution is -2.46. The highest BCUT2D eigenvalue weighted by Crippen LogP contribution is 2.24. The van der Waals surface area contributed by atoms with Crippen LogP contribution in [0.3, 0.4) is 0 Å². The molecule has 4 nitrogen and oxygen atoms in total. The maximum absolute atomic E-state index is 11.8. The highest BCUT2D eigenvalue weighted by atomic mass is 16.5. The molecule has 1 saturated heterocycles. The van der Waals surface area contributed by atoms with Gasteiger partial charge in [-0.1, -0.05) is 12.8 Å². The number of nitrogens with zero attached hydrogens (tertiary/aromatic N) is 1. The van der Waals surface area contributed by atoms with Crippen molar-refractivity contribution in [3.05, 3.63) is 0 Å². The zero-order chi connectivity index (χ0) is 11.9. The van der Waals surface area contributed by atoms with Crippen LogP contribution in [0.5, 0.6) is 0 Å². The van der Waals surface area contributed by atoms with Crippen LogP contribution in [-0.2, 0) is 9.53 Å². The van der Waals surface area contributed by atoms with Gasteiger partial charge in [-0.25, -0.2) is 0 Å². The number of hydrogen-bond acceptors (Lipinski definition) is 3. The fourth-order valence-electron chi connectivity index (χ4n) is 2.66. The first kappa shape index (κ1) is 12.8. The van der Waals surface area contributed by atoms with Crippen LogP contribution in [0, 0.1) is 5.92 Å². The topological polar surface area (TPSA) is 41.6 Å². The molecule has 1 saturated carbocycles. The van der Waals surface area contributed by atoms with Crippen molar-refractivity contribution in [1.82, 2.24) is 10.2 Å². The van der Waals surface area contributed by atoms with E-state index in [-0.39, 0.29) is 5.91 Å². The molecule has 1 aliphatic carbocycles. The Morgan fingerprint density at radius 3 is 2.65 bits per heavy atom. The summed E-state index contributed by atoms with van der Waals surface area (Å²) in [6.45, 7) is 5.00. The predicted molar refractivity (Wildman–Crippen MR) is 66.8 cm³/mol. The molecule has 1 heterocycles. The quantitative estimate of drug-likeness (QED) is 0.729. The Morgan fingerprint density at radius 2 is 1.94 bits per heavy atom. The molecule has 1 N–H and O–H groups in total. The molecular weight excluding hydrogens is 216 g/mol. The zero-order valence-electron chi connectivity index (χ0n) is 10.6. The van der Waals surface area contributed by atoms with Gasteiger partial charge in [0.1, 0.15) is 0 Å². The summed E-state index contributed by atoms with van der Waals surface area (Å²) < 4.78 is 5.62. The molecule has 0 radical (unpaired) electrons. The van der Waals surface area contributed by atoms with Crippen LogP contribution in [0.15, 0.2) is 0 Å². The van der Waals surface area contributed by atoms with E-state index in [9.17, 15) is 4.79 Å². The Bertz CT molecular complexity index is 234. The first-order chi connectivity index (χ1) is 8.36. The standard InChI is InChI=1S/C13H24N2O2/c16-13(15-8-6-14-7-9-15)5-10-17-11-12-3-1-2-4-12/h12,14H,1-11H2. The molecule has 17 heavy (non-hydrogen) atoms. The van der Waals surface area contributed by atoms with Gasteiger partial charge in [-0.05, 0) is 18.8 Å². The van der Waals surface area contributed by atoms with E-state index in [1.165, 1.54) is 25.7 Å². The zero-order valence-corrected chi connectivity index (χ0v) is 10.6. The highest BCUT2D eigenvalue weighted by molar-refractivity contribution is 5.76. The van der Waals surface area contributed by atoms with E-state index in [0.29, 0.717) is 13.0 Å². The smallest absolute Gasteiger partial charge is 0.224 e. The molecule has 0 aromatic carbocycles. The second kappa shape index (κ2) is 6.97. The van der Waals surface area contributed by atoms with Crippen molar-refractivity contribution in [1.29, 1.82) is 0 Å². The van der Waals surface area contributed by atoms with Crippen LogP contribution < -0.4 is 5.32 Å². The average Bonchev–Trinajstić information content (AvgIpc) is 2.88. The van der Waals surface area contributed by atoms with E-state index >= 15 is 0 Å². The molecule has 0 atom stereocenters. The van der Waals surface area contributed by atoms with E-state index in [4.69, 9.17) is 4.74 Å². The number of ether oxygens (including phenoxy) is 1. The predicted octanol–water partition coefficient (Wildman–Crippen LogP) is 1.02. The number of rotatable bonds is 5. The van der Waals surface area contributed by atoms with Crippen LogP contribution in [0.25, 0.3) is 0 Å². The number of piperazine rings is 1. The molecule has 0 spiro atoms. The molecule has 0 aromatic rings. The van der Waals surface area contributed by atoms with E-state index in [1.807, 2.05) is 4.90 Å². The van der Waals surface area contributed by atoms with Gasteiger partial charge in [-0.3, -0.25) is 4.79 Å². The minimum atomic E-state index is 0.248. The van der Waals surface area contributed by atoms with Gasteiger partial charge in [-0.15, -0.1) is 0 Å². The molecule has 2 fully saturated rings. The molecule has 2 aliphatic rings. The first-order valence-electron chi connectivity index (χ1n) is 6.92. The van der Waals surface area contributed by atoms with Crippen molar-refractivity contribution in [2.24, 2.45) is 5.92 Å². The Hall–Kier alpha value is -0.610. The minimum absolute atomic E-state index is 0.248. The van der Waals surface area contributed by atoms with Crippen molar-refractivity contribution < 1.29 is 9.53 Å². The summed E-state index contributed by atoms with van der Waals surface area (Å²) in [5.41, 5.74) is 0. The molecule has 2 rings (SSSR count). The van der Waals surface area contributed by atoms with Crippen molar-refractivity contribution in [2.75, 3.05) is 39.4 Å². The largest absolute Gasteiger partial charge is 0.381 e. The van der Waals surface area contributed by atoms with Crippen molar-refractivity contribution >= 4 is 5.91 Å². The lowest BCUT2D eigenvalue weighted by atomic mass is 10.1. The molecule has 98 valence electrons. The van der Waals surface area contributed by atoms with Crippen LogP contribution in [0.4, 0.5) is 0 Å². The lowest BCUT2D eigenvalue weighted by molar-refractivity contribution is -0.133. The van der Waals surface area contributed by atoms with Crippen molar-refractivity contribution in [3.8, 4) is 0 Å². The highest BCUT2D eigenvalue weighted by Gasteiger charge is 2.17. The Morgan fingerprint density at radius 1 is 1.24 bits per heavy atom. The third-order valence-corrected chi connectivity index (χ3v) is 3.76. The minimum Gasteiger partial charge on any atom is -0.381 e. The summed E-state index contributed by atoms with van der Waals surface area (Å²) in [7, 11) is 0. The van der Waals surface area contributed by atoms with Gasteiger partial charge in [0, 0.05) is 32.8 Å². The van der Waals surface area contributed by atoms with Crippen molar-refractivity contribution in [2.45, 2.75) is 32.1 Å². The van der Waals surface area contributed by atoms with Gasteiger partial charge in [0.05, 0.1) is 13.0 Å². The maximum Gasteiger partial charge on any atom is 0.224 e. The molecule has 1 amide bonds. The van der Waals surface area contributed by atoms with E-state index in [0.717, 1.165) is 38.7 Å². The summed E-state index contributed by atoms with van der Waals surface area (Å²) in [6, 6.07) is 0. The Kier molecular flexibility index (Phi) is 5.26. The molecular formula is C13H24N2O2. The summed E-state index contributed by atoms with van der Waals surface area (Å²) in [5, 5.41) is 3.25. The second-order valence-corrected chi connectivity index (χ2v) is 5.11. The first-order valence-corrected chi connectivity index (χ1v) is 6.92. The second-order valence-electron chi connectivity index (χ2n) is 5.11. The monoisotopic (exact) mass is 240 g/mol. The summed E-state index contributed by atoms with van der Waals surface area (Å²) in [5.74, 6) is 1.00. The molecule has 0 aromatic heterocycles. The van der Waals surface area contributed by atoms with Gasteiger partial charge < -0.3 is 15.0 Å². The Labute approximate surface area is 104 Å². The summed E-state index contributed by atoms with van der Waals surface area (Å²) in [6.07, 6.45) is 5.88. The molecule has 0 bridgehead atoms. The van der Waals surface area contributed by atoms with Gasteiger partial charge in [-0.2, -0.15) is 0 Å². The molecule has 4 heteroatoms. The van der Waals surface area contributed by atoms with E-state index < -0.39 is 0 Å². The number of amides is 1. The normalized spacial score (nSPS) is 22.0. The van der Waals surface area contributed by atoms with Crippen molar-refractivity contribution in [3.63, 3.8) is 0 Å². The van der Waals surface area contributed by atoms with Gasteiger partial charge in [0.2, 0.25) is 5.91 Å². The van der Waals surface area contributed by atoms with Gasteiger partial charge in [0.15, 0.2) is 0 Å². The fraction of sp³-hybridized carbons (Fsp3) is 0.923. The van der Waals surface area contributed by atoms with E-state index in [1.54, 1.807) is 0 Å². The summed E-state index contributed by atoms with van der Waals surface area (Å²) in [4.78, 5) is 13.8. The van der Waals surface area contributed by atoms with Crippen LogP contribution in [0.1, 0.15) is 32.1 Å². The fourth-order valence-corrected chi connectivity index (χ4v) is 2.66. The Balaban J connectivity index is 1.53. The van der Waals surface area contributed by atoms with Gasteiger partial charge in [0.25, 0.3) is 0 Å². The van der Waals surface area contributed by atoms with Crippen LogP contribution >= 0.6 is 0 Å². The van der Waals surface area contributed by atoms with Crippen LogP contribution in [-0.4, -0.2) is 50.2 Å². The number of carbonyl (C=O) groups excluding carboxylic acids is 1. The number of hydrogen-bond donors (Lipinski definition) is 1. The number of carbonyl (C=O) groups is 1. The average molecular weight is 240 g/mol. The SMILES string of the molecule is O=C(CCOCC1CCCC1)N1CCNCC1. The van der Waals surface area contributed by atoms with E-state index in [2.05, 4.69) is 5.32 Å². The van der Waals surface area contributed by atoms with Crippen LogP contribution in [0.2, 0.25) is 0 Å². The third-order valence-electron chi connectivity index (χ3n) is 3.76. The van der Waals surface area contributed by atoms with Gasteiger partial charge >= 0.3 is 0 Å². The molecule has 1 aliphatic heterocycles. The third kappa shape index (κ3) is 4.28.